The molecule has 0 saturated carbocycles. The van der Waals surface area contributed by atoms with Crippen molar-refractivity contribution in [1.29, 1.82) is 0 Å². The molecule has 0 radical (unpaired) electrons. The van der Waals surface area contributed by atoms with E-state index in [4.69, 9.17) is 9.15 Å². The fraction of sp³-hybridized carbons (Fsp3) is 0. The predicted octanol–water partition coefficient (Wildman–Crippen LogP) is 3.49. The summed E-state index contributed by atoms with van der Waals surface area (Å²) in [5, 5.41) is 19.3. The van der Waals surface area contributed by atoms with Crippen LogP contribution in [0.4, 0.5) is 0 Å². The molecule has 2 heterocycles. The Morgan fingerprint density at radius 3 is 2.46 bits per heavy atom. The Labute approximate surface area is 158 Å². The number of nitrogens with zero attached hydrogens (tertiary/aromatic N) is 1. The maximum Gasteiger partial charge on any atom is 0.345 e. The van der Waals surface area contributed by atoms with E-state index in [-0.39, 0.29) is 27.9 Å². The summed E-state index contributed by atoms with van der Waals surface area (Å²) in [7, 11) is 0. The number of ether oxygens (including phenoxy) is 1. The zero-order chi connectivity index (χ0) is 19.7. The number of pyridine rings is 1. The SMILES string of the molecule is O=C(Oc1ccc(-c2cc(=O)c3cc(O)c(O)cc3o2)cc1)c1cccnc1. The number of aromatic hydroxyl groups is 2. The summed E-state index contributed by atoms with van der Waals surface area (Å²) in [6.07, 6.45) is 2.97. The van der Waals surface area contributed by atoms with Gasteiger partial charge in [-0.1, -0.05) is 0 Å². The van der Waals surface area contributed by atoms with E-state index < -0.39 is 11.7 Å². The van der Waals surface area contributed by atoms with Crippen molar-refractivity contribution in [3.05, 3.63) is 82.8 Å². The highest BCUT2D eigenvalue weighted by Gasteiger charge is 2.12. The molecule has 2 aromatic heterocycles. The number of esters is 1. The topological polar surface area (TPSA) is 110 Å². The van der Waals surface area contributed by atoms with Gasteiger partial charge in [-0.2, -0.15) is 0 Å². The summed E-state index contributed by atoms with van der Waals surface area (Å²) < 4.78 is 10.9. The molecule has 7 heteroatoms. The number of carbonyl (C=O) groups is 1. The van der Waals surface area contributed by atoms with Crippen molar-refractivity contribution >= 4 is 16.9 Å². The van der Waals surface area contributed by atoms with Gasteiger partial charge in [0.15, 0.2) is 16.9 Å². The standard InChI is InChI=1S/C21H13NO6/c23-16-9-19(28-20-10-18(25)17(24)8-15(16)20)12-3-5-14(6-4-12)27-21(26)13-2-1-7-22-11-13/h1-11,24-25H. The smallest absolute Gasteiger partial charge is 0.345 e. The fourth-order valence-corrected chi connectivity index (χ4v) is 2.66. The zero-order valence-electron chi connectivity index (χ0n) is 14.3. The largest absolute Gasteiger partial charge is 0.504 e. The number of phenols is 2. The predicted molar refractivity (Wildman–Crippen MR) is 100 cm³/mol. The number of benzene rings is 2. The van der Waals surface area contributed by atoms with Crippen molar-refractivity contribution in [3.63, 3.8) is 0 Å². The Kier molecular flexibility index (Phi) is 4.25. The normalized spacial score (nSPS) is 10.7. The van der Waals surface area contributed by atoms with E-state index in [1.165, 1.54) is 18.3 Å². The summed E-state index contributed by atoms with van der Waals surface area (Å²) in [4.78, 5) is 28.2. The molecular weight excluding hydrogens is 362 g/mol. The van der Waals surface area contributed by atoms with Crippen molar-refractivity contribution in [2.75, 3.05) is 0 Å². The minimum absolute atomic E-state index is 0.143. The number of hydrogen-bond donors (Lipinski definition) is 2. The van der Waals surface area contributed by atoms with E-state index in [1.807, 2.05) is 0 Å². The van der Waals surface area contributed by atoms with Gasteiger partial charge in [0.1, 0.15) is 17.1 Å². The maximum atomic E-state index is 12.3. The van der Waals surface area contributed by atoms with Gasteiger partial charge in [-0.3, -0.25) is 9.78 Å². The summed E-state index contributed by atoms with van der Waals surface area (Å²) in [6.45, 7) is 0. The molecule has 7 nitrogen and oxygen atoms in total. The van der Waals surface area contributed by atoms with Gasteiger partial charge in [-0.15, -0.1) is 0 Å². The quantitative estimate of drug-likeness (QED) is 0.320. The second kappa shape index (κ2) is 6.88. The van der Waals surface area contributed by atoms with E-state index in [0.29, 0.717) is 16.9 Å². The fourth-order valence-electron chi connectivity index (χ4n) is 2.66. The molecule has 0 aliphatic carbocycles. The second-order valence-electron chi connectivity index (χ2n) is 5.97. The molecule has 0 bridgehead atoms. The van der Waals surface area contributed by atoms with Gasteiger partial charge in [-0.25, -0.2) is 4.79 Å². The minimum atomic E-state index is -0.534. The lowest BCUT2D eigenvalue weighted by atomic mass is 10.1. The number of rotatable bonds is 3. The van der Waals surface area contributed by atoms with Gasteiger partial charge < -0.3 is 19.4 Å². The third kappa shape index (κ3) is 3.28. The van der Waals surface area contributed by atoms with Crippen molar-refractivity contribution in [3.8, 4) is 28.6 Å². The first-order valence-electron chi connectivity index (χ1n) is 8.24. The molecule has 4 aromatic rings. The van der Waals surface area contributed by atoms with Crippen LogP contribution >= 0.6 is 0 Å². The molecule has 0 spiro atoms. The third-order valence-electron chi connectivity index (χ3n) is 4.07. The third-order valence-corrected chi connectivity index (χ3v) is 4.07. The number of fused-ring (bicyclic) bond motifs is 1. The average Bonchev–Trinajstić information content (AvgIpc) is 2.70. The van der Waals surface area contributed by atoms with E-state index >= 15 is 0 Å². The van der Waals surface area contributed by atoms with E-state index in [1.54, 1.807) is 42.6 Å². The first-order valence-corrected chi connectivity index (χ1v) is 8.24. The van der Waals surface area contributed by atoms with Gasteiger partial charge in [0.2, 0.25) is 0 Å². The van der Waals surface area contributed by atoms with E-state index in [2.05, 4.69) is 4.98 Å². The van der Waals surface area contributed by atoms with Crippen LogP contribution in [0.5, 0.6) is 17.2 Å². The second-order valence-corrected chi connectivity index (χ2v) is 5.97. The summed E-state index contributed by atoms with van der Waals surface area (Å²) in [6, 6.07) is 13.3. The lowest BCUT2D eigenvalue weighted by Gasteiger charge is -2.07. The minimum Gasteiger partial charge on any atom is -0.504 e. The highest BCUT2D eigenvalue weighted by atomic mass is 16.5. The number of aromatic nitrogens is 1. The molecule has 0 fully saturated rings. The number of phenolic OH excluding ortho intramolecular Hbond substituents is 2. The molecule has 0 unspecified atom stereocenters. The van der Waals surface area contributed by atoms with E-state index in [9.17, 15) is 19.8 Å². The van der Waals surface area contributed by atoms with Crippen LogP contribution in [0.3, 0.4) is 0 Å². The highest BCUT2D eigenvalue weighted by Crippen LogP contribution is 2.31. The Morgan fingerprint density at radius 2 is 1.75 bits per heavy atom. The van der Waals surface area contributed by atoms with Crippen molar-refractivity contribution in [2.24, 2.45) is 0 Å². The molecule has 0 saturated heterocycles. The molecule has 2 aromatic carbocycles. The van der Waals surface area contributed by atoms with Gasteiger partial charge in [0.05, 0.1) is 10.9 Å². The van der Waals surface area contributed by atoms with Crippen LogP contribution in [0.2, 0.25) is 0 Å². The lowest BCUT2D eigenvalue weighted by Crippen LogP contribution is -2.08. The first kappa shape index (κ1) is 17.3. The number of carbonyl (C=O) groups excluding carboxylic acids is 1. The Hall–Kier alpha value is -4.13. The Bertz CT molecular complexity index is 1230. The van der Waals surface area contributed by atoms with Crippen LogP contribution < -0.4 is 10.2 Å². The molecule has 0 aliphatic heterocycles. The Balaban J connectivity index is 1.63. The van der Waals surface area contributed by atoms with Crippen molar-refractivity contribution in [2.45, 2.75) is 0 Å². The van der Waals surface area contributed by atoms with Crippen LogP contribution in [0.25, 0.3) is 22.3 Å². The van der Waals surface area contributed by atoms with Crippen LogP contribution in [0, 0.1) is 0 Å². The van der Waals surface area contributed by atoms with Gasteiger partial charge in [0.25, 0.3) is 0 Å². The molecule has 2 N–H and O–H groups in total. The van der Waals surface area contributed by atoms with E-state index in [0.717, 1.165) is 6.07 Å². The monoisotopic (exact) mass is 375 g/mol. The van der Waals surface area contributed by atoms with Gasteiger partial charge in [0, 0.05) is 30.1 Å². The van der Waals surface area contributed by atoms with Crippen LogP contribution in [-0.2, 0) is 0 Å². The summed E-state index contributed by atoms with van der Waals surface area (Å²) >= 11 is 0. The van der Waals surface area contributed by atoms with Crippen LogP contribution in [-0.4, -0.2) is 21.2 Å². The average molecular weight is 375 g/mol. The molecule has 0 aliphatic rings. The molecule has 4 rings (SSSR count). The molecular formula is C21H13NO6. The van der Waals surface area contributed by atoms with Crippen molar-refractivity contribution < 1.29 is 24.2 Å². The molecule has 138 valence electrons. The first-order chi connectivity index (χ1) is 13.5. The molecule has 28 heavy (non-hydrogen) atoms. The van der Waals surface area contributed by atoms with Crippen LogP contribution in [0.15, 0.2) is 76.2 Å². The molecule has 0 amide bonds. The Morgan fingerprint density at radius 1 is 1.00 bits per heavy atom. The zero-order valence-corrected chi connectivity index (χ0v) is 14.3. The highest BCUT2D eigenvalue weighted by molar-refractivity contribution is 5.90. The van der Waals surface area contributed by atoms with Crippen LogP contribution in [0.1, 0.15) is 10.4 Å². The maximum absolute atomic E-state index is 12.3. The van der Waals surface area contributed by atoms with Gasteiger partial charge >= 0.3 is 5.97 Å². The lowest BCUT2D eigenvalue weighted by molar-refractivity contribution is 0.0734. The molecule has 0 atom stereocenters. The van der Waals surface area contributed by atoms with Gasteiger partial charge in [-0.05, 0) is 42.5 Å². The van der Waals surface area contributed by atoms with Crippen molar-refractivity contribution in [1.82, 2.24) is 4.98 Å². The number of hydrogen-bond acceptors (Lipinski definition) is 7. The summed E-state index contributed by atoms with van der Waals surface area (Å²) in [5.41, 5.74) is 0.686. The summed E-state index contributed by atoms with van der Waals surface area (Å²) in [5.74, 6) is -0.720.